The maximum absolute atomic E-state index is 12.7. The van der Waals surface area contributed by atoms with Gasteiger partial charge in [-0.3, -0.25) is 14.6 Å². The first-order valence-corrected chi connectivity index (χ1v) is 11.8. The van der Waals surface area contributed by atoms with Gasteiger partial charge in [0.15, 0.2) is 14.6 Å². The molecule has 1 aliphatic rings. The van der Waals surface area contributed by atoms with E-state index in [9.17, 15) is 18.0 Å². The van der Waals surface area contributed by atoms with Gasteiger partial charge in [0, 0.05) is 42.4 Å². The molecular weight excluding hydrogens is 434 g/mol. The quantitative estimate of drug-likeness (QED) is 0.321. The second-order valence-electron chi connectivity index (χ2n) is 7.91. The zero-order valence-corrected chi connectivity index (χ0v) is 18.6. The zero-order chi connectivity index (χ0) is 23.5. The fourth-order valence-corrected chi connectivity index (χ4v) is 4.27. The van der Waals surface area contributed by atoms with E-state index in [-0.39, 0.29) is 32.1 Å². The summed E-state index contributed by atoms with van der Waals surface area (Å²) in [5, 5.41) is 17.9. The van der Waals surface area contributed by atoms with Gasteiger partial charge in [-0.15, -0.1) is 0 Å². The van der Waals surface area contributed by atoms with Crippen molar-refractivity contribution in [3.8, 4) is 11.8 Å². The molecule has 3 rings (SSSR count). The molecule has 0 spiro atoms. The Bertz CT molecular complexity index is 1190. The van der Waals surface area contributed by atoms with Crippen LogP contribution in [0.3, 0.4) is 0 Å². The van der Waals surface area contributed by atoms with Crippen molar-refractivity contribution < 1.29 is 28.3 Å². The van der Waals surface area contributed by atoms with Gasteiger partial charge in [0.05, 0.1) is 6.54 Å². The number of amides is 2. The number of aromatic nitrogens is 1. The first kappa shape index (κ1) is 23.5. The van der Waals surface area contributed by atoms with E-state index in [1.807, 2.05) is 24.3 Å². The molecular formula is C22H25N3O6S. The third-order valence-electron chi connectivity index (χ3n) is 5.69. The maximum atomic E-state index is 12.7. The molecule has 1 aromatic heterocycles. The summed E-state index contributed by atoms with van der Waals surface area (Å²) in [4.78, 5) is 26.1. The molecule has 0 aliphatic carbocycles. The number of nitrogens with one attached hydrogen (secondary N) is 1. The van der Waals surface area contributed by atoms with Crippen molar-refractivity contribution in [1.29, 1.82) is 0 Å². The number of sulfone groups is 1. The minimum Gasteiger partial charge on any atom is -0.396 e. The standard InChI is InChI=1S/C22H25N3O6S/c1-22(20(27)23-29,32(2,30)31)10-11-24-15-19-13-18(14-25(19)21(24)28)8-7-16-3-5-17(6-4-16)9-12-26/h3-6,13-14,26,29H,9-12,15H2,1-2H3,(H,23,27)/t22-/m1/s1. The van der Waals surface area contributed by atoms with Crippen molar-refractivity contribution in [2.75, 3.05) is 19.4 Å². The van der Waals surface area contributed by atoms with Gasteiger partial charge in [-0.25, -0.2) is 18.7 Å². The fraction of sp³-hybridized carbons (Fsp3) is 0.364. The Kier molecular flexibility index (Phi) is 6.74. The molecule has 170 valence electrons. The van der Waals surface area contributed by atoms with Crippen LogP contribution in [0.25, 0.3) is 0 Å². The highest BCUT2D eigenvalue weighted by Gasteiger charge is 2.44. The molecule has 3 N–H and O–H groups in total. The van der Waals surface area contributed by atoms with Gasteiger partial charge in [0.2, 0.25) is 0 Å². The maximum Gasteiger partial charge on any atom is 0.328 e. The Morgan fingerprint density at radius 1 is 1.22 bits per heavy atom. The number of fused-ring (bicyclic) bond motifs is 1. The van der Waals surface area contributed by atoms with Crippen molar-refractivity contribution in [3.05, 3.63) is 58.9 Å². The molecule has 2 amide bonds. The van der Waals surface area contributed by atoms with Crippen molar-refractivity contribution in [2.45, 2.75) is 31.1 Å². The highest BCUT2D eigenvalue weighted by atomic mass is 32.2. The Hall–Kier alpha value is -3.13. The molecule has 10 heteroatoms. The van der Waals surface area contributed by atoms with Gasteiger partial charge in [-0.05, 0) is 43.5 Å². The van der Waals surface area contributed by atoms with Crippen LogP contribution in [-0.2, 0) is 27.6 Å². The second kappa shape index (κ2) is 9.16. The van der Waals surface area contributed by atoms with Gasteiger partial charge in [-0.2, -0.15) is 0 Å². The number of hydrogen-bond donors (Lipinski definition) is 3. The van der Waals surface area contributed by atoms with Crippen LogP contribution in [0, 0.1) is 11.8 Å². The van der Waals surface area contributed by atoms with Crippen LogP contribution in [-0.4, -0.2) is 64.3 Å². The minimum atomic E-state index is -3.83. The predicted molar refractivity (Wildman–Crippen MR) is 117 cm³/mol. The van der Waals surface area contributed by atoms with E-state index in [1.54, 1.807) is 12.3 Å². The summed E-state index contributed by atoms with van der Waals surface area (Å²) in [6, 6.07) is 9.01. The summed E-state index contributed by atoms with van der Waals surface area (Å²) in [7, 11) is -3.83. The lowest BCUT2D eigenvalue weighted by molar-refractivity contribution is -0.131. The van der Waals surface area contributed by atoms with Crippen molar-refractivity contribution in [1.82, 2.24) is 14.9 Å². The van der Waals surface area contributed by atoms with Gasteiger partial charge in [0.1, 0.15) is 0 Å². The van der Waals surface area contributed by atoms with E-state index in [2.05, 4.69) is 11.8 Å². The van der Waals surface area contributed by atoms with Crippen LogP contribution in [0.15, 0.2) is 36.5 Å². The highest BCUT2D eigenvalue weighted by molar-refractivity contribution is 7.92. The second-order valence-corrected chi connectivity index (χ2v) is 10.4. The average Bonchev–Trinajstić information content (AvgIpc) is 3.28. The van der Waals surface area contributed by atoms with Crippen LogP contribution in [0.4, 0.5) is 4.79 Å². The molecule has 0 saturated heterocycles. The van der Waals surface area contributed by atoms with Gasteiger partial charge in [-0.1, -0.05) is 24.0 Å². The van der Waals surface area contributed by atoms with Crippen LogP contribution in [0.1, 0.15) is 35.7 Å². The summed E-state index contributed by atoms with van der Waals surface area (Å²) in [5.41, 5.74) is 4.63. The van der Waals surface area contributed by atoms with E-state index in [4.69, 9.17) is 10.3 Å². The Morgan fingerprint density at radius 3 is 2.44 bits per heavy atom. The summed E-state index contributed by atoms with van der Waals surface area (Å²) in [5.74, 6) is 5.03. The van der Waals surface area contributed by atoms with E-state index in [1.165, 1.54) is 21.9 Å². The molecule has 0 saturated carbocycles. The highest BCUT2D eigenvalue weighted by Crippen LogP contribution is 2.25. The number of carbonyl (C=O) groups is 2. The number of benzene rings is 1. The number of aliphatic hydroxyl groups excluding tert-OH is 1. The summed E-state index contributed by atoms with van der Waals surface area (Å²) < 4.78 is 23.8. The molecule has 2 heterocycles. The van der Waals surface area contributed by atoms with Gasteiger partial charge in [0.25, 0.3) is 5.91 Å². The van der Waals surface area contributed by atoms with E-state index in [0.29, 0.717) is 17.7 Å². The molecule has 0 unspecified atom stereocenters. The van der Waals surface area contributed by atoms with Crippen molar-refractivity contribution in [2.24, 2.45) is 0 Å². The summed E-state index contributed by atoms with van der Waals surface area (Å²) in [6.45, 7) is 1.60. The Morgan fingerprint density at radius 2 is 1.88 bits per heavy atom. The lowest BCUT2D eigenvalue weighted by Crippen LogP contribution is -2.50. The van der Waals surface area contributed by atoms with Crippen molar-refractivity contribution in [3.63, 3.8) is 0 Å². The molecule has 9 nitrogen and oxygen atoms in total. The summed E-state index contributed by atoms with van der Waals surface area (Å²) >= 11 is 0. The fourth-order valence-electron chi connectivity index (χ4n) is 3.43. The largest absolute Gasteiger partial charge is 0.396 e. The normalized spacial score (nSPS) is 15.0. The summed E-state index contributed by atoms with van der Waals surface area (Å²) in [6.07, 6.45) is 2.98. The molecule has 0 fully saturated rings. The Balaban J connectivity index is 1.68. The first-order valence-electron chi connectivity index (χ1n) is 9.95. The molecule has 1 aliphatic heterocycles. The average molecular weight is 460 g/mol. The third-order valence-corrected chi connectivity index (χ3v) is 7.72. The van der Waals surface area contributed by atoms with E-state index < -0.39 is 20.5 Å². The number of hydroxylamine groups is 1. The topological polar surface area (TPSA) is 129 Å². The third kappa shape index (κ3) is 4.70. The predicted octanol–water partition coefficient (Wildman–Crippen LogP) is 0.905. The molecule has 32 heavy (non-hydrogen) atoms. The van der Waals surface area contributed by atoms with Crippen LogP contribution in [0.2, 0.25) is 0 Å². The lowest BCUT2D eigenvalue weighted by atomic mass is 10.1. The lowest BCUT2D eigenvalue weighted by Gasteiger charge is -2.27. The number of aliphatic hydroxyl groups is 1. The van der Waals surface area contributed by atoms with Crippen LogP contribution < -0.4 is 5.48 Å². The minimum absolute atomic E-state index is 0.0265. The number of rotatable bonds is 7. The molecule has 0 radical (unpaired) electrons. The molecule has 1 atom stereocenters. The van der Waals surface area contributed by atoms with E-state index in [0.717, 1.165) is 17.4 Å². The molecule has 1 aromatic carbocycles. The van der Waals surface area contributed by atoms with E-state index >= 15 is 0 Å². The first-order chi connectivity index (χ1) is 15.1. The van der Waals surface area contributed by atoms with Crippen molar-refractivity contribution >= 4 is 21.8 Å². The molecule has 0 bridgehead atoms. The number of hydrogen-bond acceptors (Lipinski definition) is 6. The molecule has 2 aromatic rings. The monoisotopic (exact) mass is 459 g/mol. The van der Waals surface area contributed by atoms with Crippen LogP contribution in [0.5, 0.6) is 0 Å². The van der Waals surface area contributed by atoms with Gasteiger partial charge >= 0.3 is 6.03 Å². The smallest absolute Gasteiger partial charge is 0.328 e. The number of nitrogens with zero attached hydrogens (tertiary/aromatic N) is 2. The number of carbonyl (C=O) groups excluding carboxylic acids is 2. The Labute approximate surface area is 186 Å². The SMILES string of the molecule is C[C@@](CCN1Cc2cc(C#Cc3ccc(CCO)cc3)cn2C1=O)(C(=O)NO)S(C)(=O)=O. The zero-order valence-electron chi connectivity index (χ0n) is 17.8. The van der Waals surface area contributed by atoms with Crippen LogP contribution >= 0.6 is 0 Å². The van der Waals surface area contributed by atoms with Gasteiger partial charge < -0.3 is 10.0 Å².